The lowest BCUT2D eigenvalue weighted by atomic mass is 10.0. The standard InChI is InChI=1S/C17H19F3N2O2/c1-11(23)9-22-10-21-15-8-14(6-7-16(15)22)24-13-4-2-12(3-5-13)17(18,19)20/h2-6,8,11,16,21,23H,7,9-10H2,1H3. The average molecular weight is 340 g/mol. The van der Waals surface area contributed by atoms with E-state index in [0.29, 0.717) is 24.7 Å². The lowest BCUT2D eigenvalue weighted by molar-refractivity contribution is -0.137. The summed E-state index contributed by atoms with van der Waals surface area (Å²) in [5.74, 6) is 0.968. The van der Waals surface area contributed by atoms with E-state index in [9.17, 15) is 18.3 Å². The van der Waals surface area contributed by atoms with Gasteiger partial charge in [0.1, 0.15) is 11.5 Å². The van der Waals surface area contributed by atoms with Gasteiger partial charge >= 0.3 is 6.18 Å². The van der Waals surface area contributed by atoms with E-state index in [1.165, 1.54) is 12.1 Å². The second-order valence-electron chi connectivity index (χ2n) is 6.04. The zero-order valence-corrected chi connectivity index (χ0v) is 13.2. The van der Waals surface area contributed by atoms with Gasteiger partial charge in [0.05, 0.1) is 24.4 Å². The van der Waals surface area contributed by atoms with Crippen molar-refractivity contribution in [3.63, 3.8) is 0 Å². The average Bonchev–Trinajstić information content (AvgIpc) is 2.88. The second-order valence-corrected chi connectivity index (χ2v) is 6.04. The minimum atomic E-state index is -4.35. The summed E-state index contributed by atoms with van der Waals surface area (Å²) in [6.45, 7) is 2.99. The summed E-state index contributed by atoms with van der Waals surface area (Å²) in [5, 5.41) is 12.8. The van der Waals surface area contributed by atoms with Crippen LogP contribution >= 0.6 is 0 Å². The highest BCUT2D eigenvalue weighted by molar-refractivity contribution is 5.35. The number of halogens is 3. The first kappa shape index (κ1) is 16.9. The largest absolute Gasteiger partial charge is 0.458 e. The van der Waals surface area contributed by atoms with Gasteiger partial charge in [-0.1, -0.05) is 0 Å². The molecule has 0 spiro atoms. The van der Waals surface area contributed by atoms with E-state index in [2.05, 4.69) is 10.2 Å². The van der Waals surface area contributed by atoms with Crippen molar-refractivity contribution >= 4 is 0 Å². The van der Waals surface area contributed by atoms with Gasteiger partial charge in [-0.3, -0.25) is 4.90 Å². The number of ether oxygens (including phenoxy) is 1. The second kappa shape index (κ2) is 6.49. The summed E-state index contributed by atoms with van der Waals surface area (Å²) in [6.07, 6.45) is -0.262. The van der Waals surface area contributed by atoms with Crippen molar-refractivity contribution in [2.24, 2.45) is 0 Å². The van der Waals surface area contributed by atoms with Crippen LogP contribution in [0.25, 0.3) is 0 Å². The molecule has 0 saturated carbocycles. The topological polar surface area (TPSA) is 44.7 Å². The Labute approximate surface area is 138 Å². The molecule has 0 amide bonds. The zero-order valence-electron chi connectivity index (χ0n) is 13.2. The monoisotopic (exact) mass is 340 g/mol. The molecule has 2 N–H and O–H groups in total. The number of aliphatic hydroxyl groups is 1. The SMILES string of the molecule is CC(O)CN1CNC2=CC(Oc3ccc(C(F)(F)F)cc3)=CCC21. The van der Waals surface area contributed by atoms with Gasteiger partial charge < -0.3 is 15.2 Å². The van der Waals surface area contributed by atoms with Gasteiger partial charge in [-0.05, 0) is 43.7 Å². The maximum Gasteiger partial charge on any atom is 0.416 e. The van der Waals surface area contributed by atoms with Gasteiger partial charge in [-0.25, -0.2) is 0 Å². The molecule has 2 atom stereocenters. The highest BCUT2D eigenvalue weighted by Crippen LogP contribution is 2.31. The van der Waals surface area contributed by atoms with Gasteiger partial charge in [0.25, 0.3) is 0 Å². The van der Waals surface area contributed by atoms with Crippen molar-refractivity contribution in [1.29, 1.82) is 0 Å². The molecule has 0 bridgehead atoms. The number of hydrogen-bond acceptors (Lipinski definition) is 4. The summed E-state index contributed by atoms with van der Waals surface area (Å²) >= 11 is 0. The van der Waals surface area contributed by atoms with E-state index in [4.69, 9.17) is 4.74 Å². The van der Waals surface area contributed by atoms with Gasteiger partial charge in [0.15, 0.2) is 0 Å². The Morgan fingerprint density at radius 1 is 1.33 bits per heavy atom. The molecular weight excluding hydrogens is 321 g/mol. The third-order valence-electron chi connectivity index (χ3n) is 4.04. The van der Waals surface area contributed by atoms with Gasteiger partial charge in [0.2, 0.25) is 0 Å². The minimum Gasteiger partial charge on any atom is -0.458 e. The first-order chi connectivity index (χ1) is 11.3. The lowest BCUT2D eigenvalue weighted by Crippen LogP contribution is -2.36. The highest BCUT2D eigenvalue weighted by atomic mass is 19.4. The Balaban J connectivity index is 1.65. The summed E-state index contributed by atoms with van der Waals surface area (Å²) < 4.78 is 43.3. The number of alkyl halides is 3. The van der Waals surface area contributed by atoms with Crippen molar-refractivity contribution in [3.8, 4) is 5.75 Å². The minimum absolute atomic E-state index is 0.180. The Hall–Kier alpha value is -1.99. The fraction of sp³-hybridized carbons (Fsp3) is 0.412. The van der Waals surface area contributed by atoms with Crippen LogP contribution in [0.5, 0.6) is 5.75 Å². The summed E-state index contributed by atoms with van der Waals surface area (Å²) in [6, 6.07) is 4.82. The number of nitrogens with one attached hydrogen (secondary N) is 1. The Morgan fingerprint density at radius 3 is 2.67 bits per heavy atom. The van der Waals surface area contributed by atoms with Crippen LogP contribution < -0.4 is 10.1 Å². The van der Waals surface area contributed by atoms with E-state index < -0.39 is 17.8 Å². The fourth-order valence-corrected chi connectivity index (χ4v) is 2.93. The van der Waals surface area contributed by atoms with Gasteiger partial charge in [-0.15, -0.1) is 0 Å². The molecule has 7 heteroatoms. The Kier molecular flexibility index (Phi) is 4.56. The smallest absolute Gasteiger partial charge is 0.416 e. The highest BCUT2D eigenvalue weighted by Gasteiger charge is 2.32. The molecule has 1 saturated heterocycles. The molecule has 1 aliphatic heterocycles. The van der Waals surface area contributed by atoms with Crippen molar-refractivity contribution in [2.75, 3.05) is 13.2 Å². The number of nitrogens with zero attached hydrogens (tertiary/aromatic N) is 1. The molecule has 4 nitrogen and oxygen atoms in total. The maximum absolute atomic E-state index is 12.6. The summed E-state index contributed by atoms with van der Waals surface area (Å²) in [4.78, 5) is 2.14. The van der Waals surface area contributed by atoms with Crippen molar-refractivity contribution in [3.05, 3.63) is 53.4 Å². The molecule has 1 heterocycles. The molecule has 2 unspecified atom stereocenters. The third kappa shape index (κ3) is 3.73. The fourth-order valence-electron chi connectivity index (χ4n) is 2.93. The van der Waals surface area contributed by atoms with Crippen LogP contribution in [0.3, 0.4) is 0 Å². The van der Waals surface area contributed by atoms with Crippen LogP contribution in [0.2, 0.25) is 0 Å². The maximum atomic E-state index is 12.6. The molecule has 3 rings (SSSR count). The third-order valence-corrected chi connectivity index (χ3v) is 4.04. The van der Waals surface area contributed by atoms with Crippen LogP contribution in [0.1, 0.15) is 18.9 Å². The molecule has 1 aromatic rings. The zero-order chi connectivity index (χ0) is 17.3. The first-order valence-electron chi connectivity index (χ1n) is 7.76. The van der Waals surface area contributed by atoms with Gasteiger partial charge in [0, 0.05) is 18.3 Å². The number of β-amino-alcohol motifs (C(OH)–C–C–N with tert-alkyl or cyclic N) is 1. The first-order valence-corrected chi connectivity index (χ1v) is 7.76. The molecular formula is C17H19F3N2O2. The number of rotatable bonds is 4. The number of hydrogen-bond donors (Lipinski definition) is 2. The van der Waals surface area contributed by atoms with Crippen LogP contribution in [0, 0.1) is 0 Å². The lowest BCUT2D eigenvalue weighted by Gasteiger charge is -2.25. The number of aliphatic hydroxyl groups excluding tert-OH is 1. The van der Waals surface area contributed by atoms with Crippen LogP contribution in [-0.2, 0) is 6.18 Å². The van der Waals surface area contributed by atoms with Crippen LogP contribution in [-0.4, -0.2) is 35.4 Å². The number of allylic oxidation sites excluding steroid dienone is 1. The Bertz CT molecular complexity index is 651. The summed E-state index contributed by atoms with van der Waals surface area (Å²) in [5.41, 5.74) is 0.303. The molecule has 130 valence electrons. The molecule has 2 aliphatic rings. The van der Waals surface area contributed by atoms with Crippen molar-refractivity contribution in [1.82, 2.24) is 10.2 Å². The van der Waals surface area contributed by atoms with E-state index >= 15 is 0 Å². The van der Waals surface area contributed by atoms with Crippen LogP contribution in [0.15, 0.2) is 47.9 Å². The number of benzene rings is 1. The Morgan fingerprint density at radius 2 is 2.04 bits per heavy atom. The predicted molar refractivity (Wildman–Crippen MR) is 83.0 cm³/mol. The quantitative estimate of drug-likeness (QED) is 0.885. The molecule has 0 aromatic heterocycles. The van der Waals surface area contributed by atoms with Crippen molar-refractivity contribution < 1.29 is 23.0 Å². The molecule has 24 heavy (non-hydrogen) atoms. The molecule has 1 aliphatic carbocycles. The summed E-state index contributed by atoms with van der Waals surface area (Å²) in [7, 11) is 0. The van der Waals surface area contributed by atoms with E-state index in [1.54, 1.807) is 6.92 Å². The molecule has 1 fully saturated rings. The van der Waals surface area contributed by atoms with Gasteiger partial charge in [-0.2, -0.15) is 13.2 Å². The van der Waals surface area contributed by atoms with E-state index in [0.717, 1.165) is 24.3 Å². The molecule has 1 aromatic carbocycles. The predicted octanol–water partition coefficient (Wildman–Crippen LogP) is 2.87. The number of fused-ring (bicyclic) bond motifs is 1. The van der Waals surface area contributed by atoms with E-state index in [1.807, 2.05) is 12.2 Å². The van der Waals surface area contributed by atoms with Crippen molar-refractivity contribution in [2.45, 2.75) is 31.7 Å². The normalized spacial score (nSPS) is 22.3. The van der Waals surface area contributed by atoms with Crippen LogP contribution in [0.4, 0.5) is 13.2 Å². The van der Waals surface area contributed by atoms with E-state index in [-0.39, 0.29) is 6.04 Å². The molecule has 0 radical (unpaired) electrons.